The number of halogens is 5. The monoisotopic (exact) mass is 441 g/mol. The lowest BCUT2D eigenvalue weighted by atomic mass is 10.3. The number of benzene rings is 1. The zero-order valence-corrected chi connectivity index (χ0v) is 16.1. The molecular weight excluding hydrogens is 430 g/mol. The third-order valence-corrected chi connectivity index (χ3v) is 3.75. The average Bonchev–Trinajstić information content (AvgIpc) is 2.71. The van der Waals surface area contributed by atoms with Crippen molar-refractivity contribution >= 4 is 28.9 Å². The predicted molar refractivity (Wildman–Crippen MR) is 101 cm³/mol. The number of nitrogens with zero attached hydrogens (tertiary/aromatic N) is 3. The van der Waals surface area contributed by atoms with Gasteiger partial charge in [-0.2, -0.15) is 0 Å². The van der Waals surface area contributed by atoms with Crippen LogP contribution in [0.1, 0.15) is 11.4 Å². The van der Waals surface area contributed by atoms with E-state index in [1.54, 1.807) is 0 Å². The van der Waals surface area contributed by atoms with Gasteiger partial charge in [-0.05, 0) is 36.4 Å². The lowest BCUT2D eigenvalue weighted by Gasteiger charge is -2.08. The molecule has 150 valence electrons. The number of hydrogen-bond acceptors (Lipinski definition) is 4. The maximum absolute atomic E-state index is 13.5. The Hall–Kier alpha value is -2.86. The summed E-state index contributed by atoms with van der Waals surface area (Å²) in [5.41, 5.74) is 0.130. The van der Waals surface area contributed by atoms with Gasteiger partial charge in [0.1, 0.15) is 39.9 Å². The molecule has 1 N–H and O–H groups in total. The first kappa shape index (κ1) is 22.4. The van der Waals surface area contributed by atoms with Crippen LogP contribution in [-0.2, 0) is 13.2 Å². The SMILES string of the molecule is OCc1nc(Cl)ccc1F.[C-]#[N+]c1ccc(OCc2nc(Cl)ccc2F)c(F)c1. The minimum absolute atomic E-state index is 0.0128. The summed E-state index contributed by atoms with van der Waals surface area (Å²) in [6.07, 6.45) is 0. The molecule has 10 heteroatoms. The molecule has 0 aliphatic carbocycles. The second-order valence-electron chi connectivity index (χ2n) is 5.30. The minimum atomic E-state index is -0.684. The molecule has 3 aromatic rings. The van der Waals surface area contributed by atoms with Gasteiger partial charge in [-0.3, -0.25) is 0 Å². The highest BCUT2D eigenvalue weighted by molar-refractivity contribution is 6.29. The molecule has 29 heavy (non-hydrogen) atoms. The van der Waals surface area contributed by atoms with Crippen molar-refractivity contribution in [1.29, 1.82) is 0 Å². The van der Waals surface area contributed by atoms with Crippen LogP contribution in [0.2, 0.25) is 10.3 Å². The molecule has 1 aromatic carbocycles. The van der Waals surface area contributed by atoms with Gasteiger partial charge in [0.15, 0.2) is 17.3 Å². The molecule has 0 amide bonds. The predicted octanol–water partition coefficient (Wildman–Crippen LogP) is 5.51. The van der Waals surface area contributed by atoms with Crippen LogP contribution >= 0.6 is 23.2 Å². The number of rotatable bonds is 4. The van der Waals surface area contributed by atoms with E-state index in [1.807, 2.05) is 0 Å². The van der Waals surface area contributed by atoms with Crippen LogP contribution in [0.5, 0.6) is 5.75 Å². The Morgan fingerprint density at radius 1 is 0.897 bits per heavy atom. The zero-order chi connectivity index (χ0) is 21.4. The molecule has 0 saturated heterocycles. The molecule has 0 fully saturated rings. The Kier molecular flexibility index (Phi) is 8.21. The first-order valence-corrected chi connectivity index (χ1v) is 8.62. The topological polar surface area (TPSA) is 59.6 Å². The molecule has 0 spiro atoms. The summed E-state index contributed by atoms with van der Waals surface area (Å²) >= 11 is 11.0. The van der Waals surface area contributed by atoms with E-state index in [0.29, 0.717) is 0 Å². The number of pyridine rings is 2. The minimum Gasteiger partial charge on any atom is -0.484 e. The molecule has 0 bridgehead atoms. The van der Waals surface area contributed by atoms with Crippen LogP contribution < -0.4 is 4.74 Å². The lowest BCUT2D eigenvalue weighted by Crippen LogP contribution is -2.02. The molecule has 2 heterocycles. The van der Waals surface area contributed by atoms with Crippen LogP contribution in [0.4, 0.5) is 18.9 Å². The van der Waals surface area contributed by atoms with Gasteiger partial charge in [0.2, 0.25) is 0 Å². The van der Waals surface area contributed by atoms with E-state index in [4.69, 9.17) is 39.6 Å². The van der Waals surface area contributed by atoms with Crippen LogP contribution in [0, 0.1) is 24.0 Å². The average molecular weight is 442 g/mol. The molecule has 5 nitrogen and oxygen atoms in total. The van der Waals surface area contributed by atoms with Crippen LogP contribution in [0.15, 0.2) is 42.5 Å². The Balaban J connectivity index is 0.000000253. The van der Waals surface area contributed by atoms with Crippen molar-refractivity contribution in [2.75, 3.05) is 0 Å². The third kappa shape index (κ3) is 6.61. The second-order valence-corrected chi connectivity index (χ2v) is 6.07. The number of ether oxygens (including phenoxy) is 1. The smallest absolute Gasteiger partial charge is 0.190 e. The van der Waals surface area contributed by atoms with Crippen molar-refractivity contribution in [2.24, 2.45) is 0 Å². The van der Waals surface area contributed by atoms with Crippen molar-refractivity contribution in [3.63, 3.8) is 0 Å². The summed E-state index contributed by atoms with van der Waals surface area (Å²) in [5, 5.41) is 8.80. The standard InChI is InChI=1S/C13H7ClF2N2O.C6H5ClFNO/c1-17-8-2-4-12(10(16)6-8)19-7-11-9(15)3-5-13(14)18-11;7-6-2-1-4(8)5(3-10)9-6/h2-6H,7H2;1-2,10H,3H2. The first-order chi connectivity index (χ1) is 13.8. The van der Waals surface area contributed by atoms with Crippen LogP contribution in [-0.4, -0.2) is 15.1 Å². The molecule has 3 rings (SSSR count). The largest absolute Gasteiger partial charge is 0.484 e. The Morgan fingerprint density at radius 3 is 2.00 bits per heavy atom. The van der Waals surface area contributed by atoms with Gasteiger partial charge in [0, 0.05) is 0 Å². The van der Waals surface area contributed by atoms with E-state index >= 15 is 0 Å². The van der Waals surface area contributed by atoms with E-state index < -0.39 is 24.1 Å². The molecule has 0 saturated carbocycles. The Morgan fingerprint density at radius 2 is 1.48 bits per heavy atom. The molecule has 0 aliphatic rings. The second kappa shape index (κ2) is 10.6. The van der Waals surface area contributed by atoms with E-state index in [-0.39, 0.29) is 39.7 Å². The van der Waals surface area contributed by atoms with Crippen LogP contribution in [0.3, 0.4) is 0 Å². The van der Waals surface area contributed by atoms with E-state index in [9.17, 15) is 13.2 Å². The van der Waals surface area contributed by atoms with E-state index in [1.165, 1.54) is 30.3 Å². The summed E-state index contributed by atoms with van der Waals surface area (Å²) in [5.74, 6) is -1.88. The first-order valence-electron chi connectivity index (χ1n) is 7.86. The maximum Gasteiger partial charge on any atom is 0.190 e. The van der Waals surface area contributed by atoms with Gasteiger partial charge in [0.25, 0.3) is 0 Å². The third-order valence-electron chi connectivity index (χ3n) is 3.33. The summed E-state index contributed by atoms with van der Waals surface area (Å²) < 4.78 is 44.5. The van der Waals surface area contributed by atoms with Crippen molar-refractivity contribution in [3.05, 3.63) is 93.0 Å². The fourth-order valence-corrected chi connectivity index (χ4v) is 2.28. The lowest BCUT2D eigenvalue weighted by molar-refractivity contribution is 0.270. The van der Waals surface area contributed by atoms with Crippen molar-refractivity contribution in [1.82, 2.24) is 9.97 Å². The van der Waals surface area contributed by atoms with Gasteiger partial charge in [-0.25, -0.2) is 28.0 Å². The van der Waals surface area contributed by atoms with Crippen LogP contribution in [0.25, 0.3) is 4.85 Å². The van der Waals surface area contributed by atoms with Gasteiger partial charge in [-0.1, -0.05) is 29.3 Å². The summed E-state index contributed by atoms with van der Waals surface area (Å²) in [6.45, 7) is 6.07. The van der Waals surface area contributed by atoms with Crippen molar-refractivity contribution in [2.45, 2.75) is 13.2 Å². The highest BCUT2D eigenvalue weighted by atomic mass is 35.5. The molecular formula is C19H12Cl2F3N3O2. The number of aliphatic hydroxyl groups excluding tert-OH is 1. The summed E-state index contributed by atoms with van der Waals surface area (Å²) in [7, 11) is 0. The molecule has 0 atom stereocenters. The normalized spacial score (nSPS) is 9.97. The number of hydrogen-bond donors (Lipinski definition) is 1. The maximum atomic E-state index is 13.5. The van der Waals surface area contributed by atoms with Gasteiger partial charge in [-0.15, -0.1) is 0 Å². The fourth-order valence-electron chi connectivity index (χ4n) is 1.95. The Labute approximate surface area is 174 Å². The molecule has 0 radical (unpaired) electrons. The van der Waals surface area contributed by atoms with Gasteiger partial charge in [0.05, 0.1) is 13.2 Å². The Bertz CT molecular complexity index is 1050. The molecule has 0 aliphatic heterocycles. The van der Waals surface area contributed by atoms with Crippen molar-refractivity contribution in [3.8, 4) is 5.75 Å². The summed E-state index contributed by atoms with van der Waals surface area (Å²) in [6, 6.07) is 8.73. The molecule has 2 aromatic heterocycles. The summed E-state index contributed by atoms with van der Waals surface area (Å²) in [4.78, 5) is 10.4. The molecule has 0 unspecified atom stereocenters. The highest BCUT2D eigenvalue weighted by Crippen LogP contribution is 2.24. The zero-order valence-electron chi connectivity index (χ0n) is 14.5. The fraction of sp³-hybridized carbons (Fsp3) is 0.105. The van der Waals surface area contributed by atoms with E-state index in [2.05, 4.69) is 14.8 Å². The van der Waals surface area contributed by atoms with Gasteiger partial charge >= 0.3 is 0 Å². The quantitative estimate of drug-likeness (QED) is 0.428. The highest BCUT2D eigenvalue weighted by Gasteiger charge is 2.09. The van der Waals surface area contributed by atoms with E-state index in [0.717, 1.165) is 12.1 Å². The number of aromatic nitrogens is 2. The van der Waals surface area contributed by atoms with Crippen molar-refractivity contribution < 1.29 is 23.0 Å². The van der Waals surface area contributed by atoms with Gasteiger partial charge < -0.3 is 9.84 Å². The number of aliphatic hydroxyl groups is 1.